The first-order valence-electron chi connectivity index (χ1n) is 3.41. The van der Waals surface area contributed by atoms with Gasteiger partial charge in [0.2, 0.25) is 0 Å². The molecule has 0 radical (unpaired) electrons. The molecule has 1 aromatic rings. The highest BCUT2D eigenvalue weighted by Gasteiger charge is 1.98. The van der Waals surface area contributed by atoms with E-state index in [0.717, 1.165) is 7.11 Å². The Morgan fingerprint density at radius 2 is 1.79 bits per heavy atom. The first-order chi connectivity index (χ1) is 6.57. The average molecular weight is 218 g/mol. The maximum atomic E-state index is 10.0. The van der Waals surface area contributed by atoms with E-state index in [1.165, 1.54) is 12.1 Å². The molecule has 1 rings (SSSR count). The van der Waals surface area contributed by atoms with Crippen LogP contribution in [0.15, 0.2) is 30.3 Å². The molecule has 7 heteroatoms. The number of nitro groups is 1. The predicted molar refractivity (Wildman–Crippen MR) is 49.0 cm³/mol. The van der Waals surface area contributed by atoms with Crippen molar-refractivity contribution in [3.63, 3.8) is 0 Å². The summed E-state index contributed by atoms with van der Waals surface area (Å²) in [5.41, 5.74) is 0.137. The Kier molecular flexibility index (Phi) is 6.46. The maximum absolute atomic E-state index is 10.0. The van der Waals surface area contributed by atoms with Gasteiger partial charge < -0.3 is 8.74 Å². The summed E-state index contributed by atoms with van der Waals surface area (Å²) in [6.07, 6.45) is 0. The normalized spacial score (nSPS) is 11.0. The van der Waals surface area contributed by atoms with Crippen LogP contribution < -0.4 is 0 Å². The molecule has 1 unspecified atom stereocenters. The van der Waals surface area contributed by atoms with Crippen molar-refractivity contribution in [1.29, 1.82) is 0 Å². The second-order valence-corrected chi connectivity index (χ2v) is 2.71. The van der Waals surface area contributed by atoms with Crippen molar-refractivity contribution in [2.45, 2.75) is 0 Å². The molecular formula is C7H8NO5S-. The van der Waals surface area contributed by atoms with Gasteiger partial charge in [0, 0.05) is 12.1 Å². The number of non-ortho nitro benzene ring substituents is 1. The van der Waals surface area contributed by atoms with Gasteiger partial charge in [0.25, 0.3) is 5.69 Å². The first kappa shape index (κ1) is 12.7. The van der Waals surface area contributed by atoms with Gasteiger partial charge in [-0.05, 0) is 0 Å². The fraction of sp³-hybridized carbons (Fsp3) is 0.143. The molecule has 0 aromatic heterocycles. The summed E-state index contributed by atoms with van der Waals surface area (Å²) in [5, 5.41) is 10.0. The fourth-order valence-electron chi connectivity index (χ4n) is 0.550. The van der Waals surface area contributed by atoms with Gasteiger partial charge in [-0.2, -0.15) is 0 Å². The number of benzene rings is 1. The lowest BCUT2D eigenvalue weighted by Gasteiger charge is -1.94. The first-order valence-corrected chi connectivity index (χ1v) is 4.41. The van der Waals surface area contributed by atoms with E-state index < -0.39 is 16.3 Å². The minimum Gasteiger partial charge on any atom is -0.750 e. The Bertz CT molecular complexity index is 302. The molecule has 0 fully saturated rings. The van der Waals surface area contributed by atoms with Crippen LogP contribution >= 0.6 is 0 Å². The van der Waals surface area contributed by atoms with E-state index in [4.69, 9.17) is 8.76 Å². The van der Waals surface area contributed by atoms with Crippen molar-refractivity contribution in [3.05, 3.63) is 40.4 Å². The smallest absolute Gasteiger partial charge is 0.269 e. The van der Waals surface area contributed by atoms with Crippen molar-refractivity contribution in [1.82, 2.24) is 0 Å². The molecule has 0 amide bonds. The number of nitrogens with zero attached hydrogens (tertiary/aromatic N) is 1. The lowest BCUT2D eigenvalue weighted by atomic mass is 10.3. The van der Waals surface area contributed by atoms with Crippen LogP contribution in [0.2, 0.25) is 0 Å². The van der Waals surface area contributed by atoms with E-state index in [1.807, 2.05) is 0 Å². The van der Waals surface area contributed by atoms with Gasteiger partial charge in [0.05, 0.1) is 23.4 Å². The zero-order valence-corrected chi connectivity index (χ0v) is 8.10. The molecule has 0 aliphatic heterocycles. The molecule has 0 heterocycles. The summed E-state index contributed by atoms with van der Waals surface area (Å²) in [7, 11) is 1.09. The molecule has 1 aromatic carbocycles. The van der Waals surface area contributed by atoms with E-state index in [9.17, 15) is 10.1 Å². The van der Waals surface area contributed by atoms with Crippen molar-refractivity contribution < 1.29 is 17.9 Å². The number of rotatable bonds is 2. The highest BCUT2D eigenvalue weighted by molar-refractivity contribution is 7.74. The quantitative estimate of drug-likeness (QED) is 0.419. The van der Waals surface area contributed by atoms with Gasteiger partial charge >= 0.3 is 0 Å². The lowest BCUT2D eigenvalue weighted by molar-refractivity contribution is -0.384. The van der Waals surface area contributed by atoms with Crippen molar-refractivity contribution >= 4 is 17.0 Å². The molecule has 0 N–H and O–H groups in total. The highest BCUT2D eigenvalue weighted by atomic mass is 32.2. The molecule has 14 heavy (non-hydrogen) atoms. The van der Waals surface area contributed by atoms with Gasteiger partial charge in [-0.3, -0.25) is 10.1 Å². The largest absolute Gasteiger partial charge is 0.750 e. The Morgan fingerprint density at radius 1 is 1.36 bits per heavy atom. The van der Waals surface area contributed by atoms with E-state index >= 15 is 0 Å². The summed E-state index contributed by atoms with van der Waals surface area (Å²) in [4.78, 5) is 9.59. The molecule has 78 valence electrons. The number of para-hydroxylation sites is 1. The van der Waals surface area contributed by atoms with Crippen LogP contribution in [0.1, 0.15) is 0 Å². The monoisotopic (exact) mass is 218 g/mol. The Balaban J connectivity index is 0.000000292. The zero-order chi connectivity index (χ0) is 11.0. The van der Waals surface area contributed by atoms with Crippen molar-refractivity contribution in [3.8, 4) is 0 Å². The summed E-state index contributed by atoms with van der Waals surface area (Å²) >= 11 is -2.32. The van der Waals surface area contributed by atoms with E-state index in [2.05, 4.69) is 4.18 Å². The number of nitro benzene ring substituents is 1. The molecule has 1 atom stereocenters. The van der Waals surface area contributed by atoms with Crippen LogP contribution in [-0.2, 0) is 15.5 Å². The molecule has 0 spiro atoms. The zero-order valence-electron chi connectivity index (χ0n) is 7.28. The standard InChI is InChI=1S/C6H5NO2.CH4O3S/c8-7(9)6-4-2-1-3-5-6;1-4-5(2)3/h1-5H;1H3,(H,2,3)/p-1. The minimum absolute atomic E-state index is 0.137. The summed E-state index contributed by atoms with van der Waals surface area (Å²) in [6, 6.07) is 7.93. The van der Waals surface area contributed by atoms with E-state index in [-0.39, 0.29) is 5.69 Å². The SMILES string of the molecule is COS(=O)[O-].O=[N+]([O-])c1ccccc1. The number of hydrogen-bond acceptors (Lipinski definition) is 5. The van der Waals surface area contributed by atoms with Crippen LogP contribution in [0.5, 0.6) is 0 Å². The van der Waals surface area contributed by atoms with Crippen LogP contribution in [0.25, 0.3) is 0 Å². The Hall–Kier alpha value is -1.31. The van der Waals surface area contributed by atoms with Crippen LogP contribution in [0, 0.1) is 10.1 Å². The minimum atomic E-state index is -2.32. The van der Waals surface area contributed by atoms with E-state index in [0.29, 0.717) is 0 Å². The summed E-state index contributed by atoms with van der Waals surface area (Å²) in [5.74, 6) is 0. The van der Waals surface area contributed by atoms with Gasteiger partial charge in [0.1, 0.15) is 0 Å². The Morgan fingerprint density at radius 3 is 2.00 bits per heavy atom. The molecule has 0 bridgehead atoms. The third-order valence-electron chi connectivity index (χ3n) is 1.10. The predicted octanol–water partition coefficient (Wildman–Crippen LogP) is 1.02. The third kappa shape index (κ3) is 6.23. The molecule has 0 aliphatic carbocycles. The highest BCUT2D eigenvalue weighted by Crippen LogP contribution is 2.06. The van der Waals surface area contributed by atoms with Crippen LogP contribution in [-0.4, -0.2) is 20.8 Å². The van der Waals surface area contributed by atoms with E-state index in [1.54, 1.807) is 18.2 Å². The fourth-order valence-corrected chi connectivity index (χ4v) is 0.550. The van der Waals surface area contributed by atoms with Gasteiger partial charge in [0.15, 0.2) is 0 Å². The Labute approximate surface area is 83.2 Å². The van der Waals surface area contributed by atoms with Gasteiger partial charge in [-0.1, -0.05) is 18.2 Å². The van der Waals surface area contributed by atoms with Crippen LogP contribution in [0.3, 0.4) is 0 Å². The van der Waals surface area contributed by atoms with Gasteiger partial charge in [-0.15, -0.1) is 0 Å². The molecule has 0 saturated carbocycles. The molecule has 6 nitrogen and oxygen atoms in total. The molecule has 0 saturated heterocycles. The second-order valence-electron chi connectivity index (χ2n) is 1.96. The van der Waals surface area contributed by atoms with Gasteiger partial charge in [-0.25, -0.2) is 4.21 Å². The average Bonchev–Trinajstić information content (AvgIpc) is 2.20. The van der Waals surface area contributed by atoms with Crippen LogP contribution in [0.4, 0.5) is 5.69 Å². The molecular weight excluding hydrogens is 210 g/mol. The second kappa shape index (κ2) is 7.13. The summed E-state index contributed by atoms with van der Waals surface area (Å²) < 4.78 is 22.0. The van der Waals surface area contributed by atoms with Crippen molar-refractivity contribution in [2.75, 3.05) is 7.11 Å². The maximum Gasteiger partial charge on any atom is 0.269 e. The molecule has 0 aliphatic rings. The number of hydrogen-bond donors (Lipinski definition) is 0. The third-order valence-corrected chi connectivity index (χ3v) is 1.38. The van der Waals surface area contributed by atoms with Crippen molar-refractivity contribution in [2.24, 2.45) is 0 Å². The summed E-state index contributed by atoms with van der Waals surface area (Å²) in [6.45, 7) is 0. The topological polar surface area (TPSA) is 92.5 Å². The lowest BCUT2D eigenvalue weighted by Crippen LogP contribution is -1.85.